The number of fused-ring (bicyclic) bond motifs is 1. The Morgan fingerprint density at radius 3 is 2.94 bits per heavy atom. The van der Waals surface area contributed by atoms with Gasteiger partial charge in [-0.25, -0.2) is 0 Å². The van der Waals surface area contributed by atoms with Gasteiger partial charge in [-0.1, -0.05) is 6.92 Å². The lowest BCUT2D eigenvalue weighted by Gasteiger charge is -2.19. The molecule has 6 nitrogen and oxygen atoms in total. The summed E-state index contributed by atoms with van der Waals surface area (Å²) < 4.78 is 0. The summed E-state index contributed by atoms with van der Waals surface area (Å²) >= 11 is 0. The molecule has 1 aliphatic rings. The Morgan fingerprint density at radius 2 is 2.28 bits per heavy atom. The maximum atomic E-state index is 4.54. The van der Waals surface area contributed by atoms with Crippen molar-refractivity contribution in [2.24, 2.45) is 11.8 Å². The van der Waals surface area contributed by atoms with Crippen LogP contribution in [0.2, 0.25) is 0 Å². The summed E-state index contributed by atoms with van der Waals surface area (Å²) in [5.41, 5.74) is 0.778. The fraction of sp³-hybridized carbons (Fsp3) is 0.583. The van der Waals surface area contributed by atoms with Gasteiger partial charge in [0.25, 0.3) is 0 Å². The van der Waals surface area contributed by atoms with Crippen molar-refractivity contribution in [2.75, 3.05) is 30.9 Å². The maximum absolute atomic E-state index is 4.54. The zero-order valence-electron chi connectivity index (χ0n) is 10.9. The lowest BCUT2D eigenvalue weighted by Crippen LogP contribution is -2.22. The molecular formula is C12H18N6. The highest BCUT2D eigenvalue weighted by Gasteiger charge is 2.33. The van der Waals surface area contributed by atoms with Crippen LogP contribution in [-0.2, 0) is 0 Å². The molecule has 6 heteroatoms. The van der Waals surface area contributed by atoms with E-state index in [1.807, 2.05) is 7.05 Å². The topological polar surface area (TPSA) is 69.7 Å². The van der Waals surface area contributed by atoms with Crippen LogP contribution in [0.15, 0.2) is 6.20 Å². The number of H-pyrrole nitrogens is 1. The molecule has 2 N–H and O–H groups in total. The molecule has 0 amide bonds. The van der Waals surface area contributed by atoms with Crippen LogP contribution in [-0.4, -0.2) is 40.8 Å². The molecule has 2 unspecified atom stereocenters. The first-order chi connectivity index (χ1) is 8.69. The first kappa shape index (κ1) is 11.3. The predicted octanol–water partition coefficient (Wildman–Crippen LogP) is 1.49. The molecule has 2 atom stereocenters. The van der Waals surface area contributed by atoms with Gasteiger partial charge in [0.15, 0.2) is 5.65 Å². The zero-order valence-corrected chi connectivity index (χ0v) is 10.9. The standard InChI is InChI=1S/C12H18N6/c1-7-4-8(7)6-18(3)11-9-5-14-17-10(9)15-12(13-2)16-11/h5,7-8H,4,6H2,1-3H3,(H2,13,14,15,16,17). The van der Waals surface area contributed by atoms with Crippen molar-refractivity contribution >= 4 is 22.8 Å². The van der Waals surface area contributed by atoms with Crippen LogP contribution in [0.5, 0.6) is 0 Å². The van der Waals surface area contributed by atoms with Crippen molar-refractivity contribution in [1.82, 2.24) is 20.2 Å². The number of hydrogen-bond donors (Lipinski definition) is 2. The minimum Gasteiger partial charge on any atom is -0.359 e. The van der Waals surface area contributed by atoms with Crippen molar-refractivity contribution in [1.29, 1.82) is 0 Å². The third-order valence-electron chi connectivity index (χ3n) is 3.66. The molecule has 0 bridgehead atoms. The highest BCUT2D eigenvalue weighted by molar-refractivity contribution is 5.87. The van der Waals surface area contributed by atoms with E-state index in [0.29, 0.717) is 5.95 Å². The van der Waals surface area contributed by atoms with Gasteiger partial charge >= 0.3 is 0 Å². The molecule has 0 spiro atoms. The Balaban J connectivity index is 1.95. The third-order valence-corrected chi connectivity index (χ3v) is 3.66. The van der Waals surface area contributed by atoms with Crippen LogP contribution >= 0.6 is 0 Å². The third kappa shape index (κ3) is 1.87. The number of aromatic nitrogens is 4. The molecular weight excluding hydrogens is 228 g/mol. The van der Waals surface area contributed by atoms with Crippen molar-refractivity contribution in [3.05, 3.63) is 6.20 Å². The average Bonchev–Trinajstić information content (AvgIpc) is 2.89. The Morgan fingerprint density at radius 1 is 1.50 bits per heavy atom. The number of aromatic amines is 1. The number of nitrogens with zero attached hydrogens (tertiary/aromatic N) is 4. The predicted molar refractivity (Wildman–Crippen MR) is 71.8 cm³/mol. The van der Waals surface area contributed by atoms with Crippen LogP contribution in [0.3, 0.4) is 0 Å². The van der Waals surface area contributed by atoms with E-state index in [1.54, 1.807) is 6.20 Å². The van der Waals surface area contributed by atoms with Crippen molar-refractivity contribution in [3.8, 4) is 0 Å². The van der Waals surface area contributed by atoms with Crippen molar-refractivity contribution in [2.45, 2.75) is 13.3 Å². The number of nitrogens with one attached hydrogen (secondary N) is 2. The largest absolute Gasteiger partial charge is 0.359 e. The smallest absolute Gasteiger partial charge is 0.226 e. The summed E-state index contributed by atoms with van der Waals surface area (Å²) in [6.45, 7) is 3.34. The highest BCUT2D eigenvalue weighted by Crippen LogP contribution is 2.39. The van der Waals surface area contributed by atoms with Crippen molar-refractivity contribution in [3.63, 3.8) is 0 Å². The SMILES string of the molecule is CNc1nc(N(C)CC2CC2C)c2cn[nH]c2n1. The lowest BCUT2D eigenvalue weighted by atomic mass is 10.3. The van der Waals surface area contributed by atoms with E-state index < -0.39 is 0 Å². The van der Waals surface area contributed by atoms with E-state index in [-0.39, 0.29) is 0 Å². The first-order valence-corrected chi connectivity index (χ1v) is 6.29. The van der Waals surface area contributed by atoms with Gasteiger partial charge in [0.05, 0.1) is 11.6 Å². The molecule has 2 heterocycles. The molecule has 2 aromatic heterocycles. The molecule has 0 saturated heterocycles. The van der Waals surface area contributed by atoms with E-state index in [9.17, 15) is 0 Å². The molecule has 1 saturated carbocycles. The normalized spacial score (nSPS) is 22.2. The summed E-state index contributed by atoms with van der Waals surface area (Å²) in [5, 5.41) is 10.9. The Labute approximate surface area is 106 Å². The van der Waals surface area contributed by atoms with Gasteiger partial charge in [0.1, 0.15) is 5.82 Å². The van der Waals surface area contributed by atoms with E-state index in [0.717, 1.165) is 35.2 Å². The van der Waals surface area contributed by atoms with Gasteiger partial charge in [-0.3, -0.25) is 5.10 Å². The molecule has 96 valence electrons. The summed E-state index contributed by atoms with van der Waals surface area (Å²) in [4.78, 5) is 11.1. The van der Waals surface area contributed by atoms with Gasteiger partial charge in [-0.05, 0) is 18.3 Å². The van der Waals surface area contributed by atoms with Crippen LogP contribution in [0, 0.1) is 11.8 Å². The molecule has 18 heavy (non-hydrogen) atoms. The molecule has 2 aromatic rings. The van der Waals surface area contributed by atoms with Gasteiger partial charge < -0.3 is 10.2 Å². The number of hydrogen-bond acceptors (Lipinski definition) is 5. The van der Waals surface area contributed by atoms with E-state index in [4.69, 9.17) is 0 Å². The minimum atomic E-state index is 0.623. The fourth-order valence-corrected chi connectivity index (χ4v) is 2.31. The van der Waals surface area contributed by atoms with Crippen LogP contribution < -0.4 is 10.2 Å². The van der Waals surface area contributed by atoms with Gasteiger partial charge in [0, 0.05) is 20.6 Å². The maximum Gasteiger partial charge on any atom is 0.226 e. The molecule has 0 radical (unpaired) electrons. The zero-order chi connectivity index (χ0) is 12.7. The second kappa shape index (κ2) is 4.12. The molecule has 3 rings (SSSR count). The monoisotopic (exact) mass is 246 g/mol. The second-order valence-corrected chi connectivity index (χ2v) is 5.11. The number of rotatable bonds is 4. The summed E-state index contributed by atoms with van der Waals surface area (Å²) in [7, 11) is 3.91. The molecule has 1 aliphatic carbocycles. The van der Waals surface area contributed by atoms with Gasteiger partial charge in [0.2, 0.25) is 5.95 Å². The molecule has 0 aromatic carbocycles. The van der Waals surface area contributed by atoms with Crippen LogP contribution in [0.1, 0.15) is 13.3 Å². The average molecular weight is 246 g/mol. The summed E-state index contributed by atoms with van der Waals surface area (Å²) in [5.74, 6) is 3.21. The minimum absolute atomic E-state index is 0.623. The van der Waals surface area contributed by atoms with Gasteiger partial charge in [-0.15, -0.1) is 0 Å². The van der Waals surface area contributed by atoms with E-state index >= 15 is 0 Å². The fourth-order valence-electron chi connectivity index (χ4n) is 2.31. The van der Waals surface area contributed by atoms with E-state index in [2.05, 4.69) is 44.4 Å². The Bertz CT molecular complexity index is 563. The summed E-state index contributed by atoms with van der Waals surface area (Å²) in [6, 6.07) is 0. The molecule has 0 aliphatic heterocycles. The van der Waals surface area contributed by atoms with Crippen LogP contribution in [0.25, 0.3) is 11.0 Å². The second-order valence-electron chi connectivity index (χ2n) is 5.11. The molecule has 1 fully saturated rings. The number of anilines is 2. The quantitative estimate of drug-likeness (QED) is 0.855. The lowest BCUT2D eigenvalue weighted by molar-refractivity contribution is 0.721. The van der Waals surface area contributed by atoms with Gasteiger partial charge in [-0.2, -0.15) is 15.1 Å². The Kier molecular flexibility index (Phi) is 2.57. The highest BCUT2D eigenvalue weighted by atomic mass is 15.2. The Hall–Kier alpha value is -1.85. The summed E-state index contributed by atoms with van der Waals surface area (Å²) in [6.07, 6.45) is 3.11. The van der Waals surface area contributed by atoms with E-state index in [1.165, 1.54) is 6.42 Å². The van der Waals surface area contributed by atoms with Crippen LogP contribution in [0.4, 0.5) is 11.8 Å². The van der Waals surface area contributed by atoms with Crippen molar-refractivity contribution < 1.29 is 0 Å². The first-order valence-electron chi connectivity index (χ1n) is 6.29.